The molecule has 9 heteroatoms. The van der Waals surface area contributed by atoms with Crippen molar-refractivity contribution in [1.82, 2.24) is 20.5 Å². The van der Waals surface area contributed by atoms with Crippen LogP contribution in [0.1, 0.15) is 36.2 Å². The molecular weight excluding hydrogens is 269 g/mol. The molecule has 1 aromatic rings. The lowest BCUT2D eigenvalue weighted by molar-refractivity contribution is -0.0327. The third-order valence-electron chi connectivity index (χ3n) is 1.91. The van der Waals surface area contributed by atoms with Crippen LogP contribution in [0.5, 0.6) is 0 Å². The molecule has 0 unspecified atom stereocenters. The van der Waals surface area contributed by atoms with Gasteiger partial charge >= 0.3 is 5.51 Å². The zero-order valence-corrected chi connectivity index (χ0v) is 10.7. The second kappa shape index (κ2) is 6.07. The Morgan fingerprint density at radius 2 is 2.17 bits per heavy atom. The number of carbonyl (C=O) groups is 1. The number of aromatic nitrogens is 3. The second-order valence-electron chi connectivity index (χ2n) is 3.75. The van der Waals surface area contributed by atoms with E-state index in [0.29, 0.717) is 5.82 Å². The summed E-state index contributed by atoms with van der Waals surface area (Å²) in [6.07, 6.45) is 0. The summed E-state index contributed by atoms with van der Waals surface area (Å²) in [5, 5.41) is 8.60. The van der Waals surface area contributed by atoms with Crippen molar-refractivity contribution in [1.29, 1.82) is 0 Å². The van der Waals surface area contributed by atoms with Crippen molar-refractivity contribution in [3.8, 4) is 0 Å². The third-order valence-corrected chi connectivity index (χ3v) is 2.64. The predicted molar refractivity (Wildman–Crippen MR) is 61.3 cm³/mol. The molecule has 102 valence electrons. The van der Waals surface area contributed by atoms with E-state index in [1.165, 1.54) is 0 Å². The Morgan fingerprint density at radius 1 is 1.50 bits per heavy atom. The minimum absolute atomic E-state index is 0.0595. The maximum absolute atomic E-state index is 11.8. The van der Waals surface area contributed by atoms with Crippen LogP contribution in [-0.2, 0) is 0 Å². The van der Waals surface area contributed by atoms with E-state index in [-0.39, 0.29) is 35.8 Å². The molecule has 0 atom stereocenters. The van der Waals surface area contributed by atoms with Crippen LogP contribution in [-0.4, -0.2) is 38.9 Å². The Hall–Kier alpha value is -1.25. The number of nitrogens with one attached hydrogen (secondary N) is 2. The molecule has 0 fully saturated rings. The summed E-state index contributed by atoms with van der Waals surface area (Å²) < 4.78 is 35.4. The lowest BCUT2D eigenvalue weighted by Crippen LogP contribution is -2.27. The van der Waals surface area contributed by atoms with Gasteiger partial charge in [-0.2, -0.15) is 13.2 Å². The molecular formula is C9H13F3N4OS. The van der Waals surface area contributed by atoms with Gasteiger partial charge in [0.15, 0.2) is 0 Å². The SMILES string of the molecule is CC(C)c1nc(C(=O)NCCSC(F)(F)F)n[nH]1. The summed E-state index contributed by atoms with van der Waals surface area (Å²) in [7, 11) is 0. The maximum atomic E-state index is 11.8. The van der Waals surface area contributed by atoms with E-state index in [4.69, 9.17) is 0 Å². The van der Waals surface area contributed by atoms with Gasteiger partial charge in [0.1, 0.15) is 5.82 Å². The van der Waals surface area contributed by atoms with Crippen molar-refractivity contribution in [2.24, 2.45) is 0 Å². The first kappa shape index (κ1) is 14.8. The first-order valence-electron chi connectivity index (χ1n) is 5.21. The summed E-state index contributed by atoms with van der Waals surface area (Å²) in [6, 6.07) is 0. The zero-order chi connectivity index (χ0) is 13.8. The van der Waals surface area contributed by atoms with Gasteiger partial charge in [-0.25, -0.2) is 4.98 Å². The van der Waals surface area contributed by atoms with Crippen LogP contribution in [0.25, 0.3) is 0 Å². The van der Waals surface area contributed by atoms with Crippen molar-refractivity contribution in [2.45, 2.75) is 25.3 Å². The van der Waals surface area contributed by atoms with E-state index in [2.05, 4.69) is 20.5 Å². The van der Waals surface area contributed by atoms with Crippen molar-refractivity contribution in [3.05, 3.63) is 11.6 Å². The molecule has 0 spiro atoms. The Kier molecular flexibility index (Phi) is 5.00. The average molecular weight is 282 g/mol. The zero-order valence-electron chi connectivity index (χ0n) is 9.84. The van der Waals surface area contributed by atoms with E-state index in [1.54, 1.807) is 0 Å². The highest BCUT2D eigenvalue weighted by molar-refractivity contribution is 8.00. The Labute approximate surface area is 106 Å². The first-order chi connectivity index (χ1) is 8.29. The molecule has 1 rings (SSSR count). The number of aromatic amines is 1. The van der Waals surface area contributed by atoms with E-state index in [1.807, 2.05) is 13.8 Å². The largest absolute Gasteiger partial charge is 0.441 e. The molecule has 1 aromatic heterocycles. The number of H-pyrrole nitrogens is 1. The summed E-state index contributed by atoms with van der Waals surface area (Å²) in [5.41, 5.74) is -4.28. The maximum Gasteiger partial charge on any atom is 0.441 e. The lowest BCUT2D eigenvalue weighted by Gasteiger charge is -2.05. The van der Waals surface area contributed by atoms with E-state index in [0.717, 1.165) is 0 Å². The number of amides is 1. The highest BCUT2D eigenvalue weighted by Gasteiger charge is 2.27. The van der Waals surface area contributed by atoms with Crippen LogP contribution in [0.15, 0.2) is 0 Å². The molecule has 5 nitrogen and oxygen atoms in total. The van der Waals surface area contributed by atoms with Gasteiger partial charge in [-0.15, -0.1) is 5.10 Å². The van der Waals surface area contributed by atoms with E-state index in [9.17, 15) is 18.0 Å². The minimum atomic E-state index is -4.28. The molecule has 0 saturated heterocycles. The van der Waals surface area contributed by atoms with E-state index < -0.39 is 11.4 Å². The van der Waals surface area contributed by atoms with Crippen molar-refractivity contribution >= 4 is 17.7 Å². The van der Waals surface area contributed by atoms with Crippen molar-refractivity contribution < 1.29 is 18.0 Å². The molecule has 0 radical (unpaired) electrons. The first-order valence-corrected chi connectivity index (χ1v) is 6.19. The molecule has 0 bridgehead atoms. The standard InChI is InChI=1S/C9H13F3N4OS/c1-5(2)6-14-7(16-15-6)8(17)13-3-4-18-9(10,11)12/h5H,3-4H2,1-2H3,(H,13,17)(H,14,15,16). The van der Waals surface area contributed by atoms with Gasteiger partial charge in [-0.05, 0) is 11.8 Å². The topological polar surface area (TPSA) is 70.7 Å². The minimum Gasteiger partial charge on any atom is -0.348 e. The normalized spacial score (nSPS) is 11.9. The number of hydrogen-bond donors (Lipinski definition) is 2. The van der Waals surface area contributed by atoms with Crippen LogP contribution in [0, 0.1) is 0 Å². The summed E-state index contributed by atoms with van der Waals surface area (Å²) in [4.78, 5) is 15.4. The quantitative estimate of drug-likeness (QED) is 0.809. The Balaban J connectivity index is 2.36. The highest BCUT2D eigenvalue weighted by Crippen LogP contribution is 2.29. The average Bonchev–Trinajstić information content (AvgIpc) is 2.72. The van der Waals surface area contributed by atoms with Crippen LogP contribution < -0.4 is 5.32 Å². The smallest absolute Gasteiger partial charge is 0.348 e. The Bertz CT molecular complexity index is 405. The van der Waals surface area contributed by atoms with Crippen molar-refractivity contribution in [3.63, 3.8) is 0 Å². The fourth-order valence-corrected chi connectivity index (χ4v) is 1.48. The van der Waals surface area contributed by atoms with Crippen LogP contribution in [0.3, 0.4) is 0 Å². The fraction of sp³-hybridized carbons (Fsp3) is 0.667. The fourth-order valence-electron chi connectivity index (χ4n) is 1.04. The molecule has 0 saturated carbocycles. The molecule has 0 aliphatic rings. The van der Waals surface area contributed by atoms with Crippen LogP contribution >= 0.6 is 11.8 Å². The summed E-state index contributed by atoms with van der Waals surface area (Å²) in [5.74, 6) is -0.224. The molecule has 0 aliphatic heterocycles. The molecule has 18 heavy (non-hydrogen) atoms. The number of alkyl halides is 3. The van der Waals surface area contributed by atoms with E-state index >= 15 is 0 Å². The van der Waals surface area contributed by atoms with Gasteiger partial charge in [0.2, 0.25) is 5.82 Å². The molecule has 0 aliphatic carbocycles. The van der Waals surface area contributed by atoms with Gasteiger partial charge in [0.05, 0.1) is 0 Å². The van der Waals surface area contributed by atoms with Crippen molar-refractivity contribution in [2.75, 3.05) is 12.3 Å². The van der Waals surface area contributed by atoms with Gasteiger partial charge in [0.25, 0.3) is 5.91 Å². The highest BCUT2D eigenvalue weighted by atomic mass is 32.2. The number of rotatable bonds is 5. The number of hydrogen-bond acceptors (Lipinski definition) is 4. The second-order valence-corrected chi connectivity index (χ2v) is 4.91. The van der Waals surface area contributed by atoms with Gasteiger partial charge in [0, 0.05) is 18.2 Å². The van der Waals surface area contributed by atoms with Gasteiger partial charge < -0.3 is 5.32 Å². The number of nitrogens with zero attached hydrogens (tertiary/aromatic N) is 2. The summed E-state index contributed by atoms with van der Waals surface area (Å²) >= 11 is -0.182. The van der Waals surface area contributed by atoms with Crippen LogP contribution in [0.4, 0.5) is 13.2 Å². The molecule has 0 aromatic carbocycles. The number of thioether (sulfide) groups is 1. The molecule has 2 N–H and O–H groups in total. The van der Waals surface area contributed by atoms with Crippen LogP contribution in [0.2, 0.25) is 0 Å². The van der Waals surface area contributed by atoms with Gasteiger partial charge in [-0.3, -0.25) is 9.89 Å². The Morgan fingerprint density at radius 3 is 2.67 bits per heavy atom. The molecule has 1 heterocycles. The predicted octanol–water partition coefficient (Wildman–Crippen LogP) is 1.91. The number of carbonyl (C=O) groups excluding carboxylic acids is 1. The third kappa shape index (κ3) is 4.94. The molecule has 1 amide bonds. The lowest BCUT2D eigenvalue weighted by atomic mass is 10.2. The number of halogens is 3. The monoisotopic (exact) mass is 282 g/mol. The summed E-state index contributed by atoms with van der Waals surface area (Å²) in [6.45, 7) is 3.67. The van der Waals surface area contributed by atoms with Gasteiger partial charge in [-0.1, -0.05) is 13.8 Å².